The van der Waals surface area contributed by atoms with Crippen molar-refractivity contribution in [2.75, 3.05) is 36.4 Å². The molecule has 1 aliphatic heterocycles. The zero-order valence-electron chi connectivity index (χ0n) is 21.7. The van der Waals surface area contributed by atoms with E-state index in [0.29, 0.717) is 27.7 Å². The van der Waals surface area contributed by atoms with Crippen molar-refractivity contribution >= 4 is 45.6 Å². The van der Waals surface area contributed by atoms with Crippen molar-refractivity contribution in [2.24, 2.45) is 11.8 Å². The Balaban J connectivity index is 1.13. The molecule has 0 bridgehead atoms. The van der Waals surface area contributed by atoms with Crippen LogP contribution in [0.2, 0.25) is 5.02 Å². The molecule has 1 unspecified atom stereocenters. The van der Waals surface area contributed by atoms with E-state index in [-0.39, 0.29) is 11.8 Å². The van der Waals surface area contributed by atoms with Crippen LogP contribution in [0, 0.1) is 11.8 Å². The number of amides is 2. The molecule has 1 N–H and O–H groups in total. The summed E-state index contributed by atoms with van der Waals surface area (Å²) in [4.78, 5) is 39.1. The van der Waals surface area contributed by atoms with Gasteiger partial charge in [-0.15, -0.1) is 11.3 Å². The highest BCUT2D eigenvalue weighted by Crippen LogP contribution is 2.33. The van der Waals surface area contributed by atoms with Gasteiger partial charge in [0.15, 0.2) is 5.13 Å². The van der Waals surface area contributed by atoms with E-state index in [0.717, 1.165) is 56.0 Å². The fraction of sp³-hybridized carbons (Fsp3) is 0.448. The summed E-state index contributed by atoms with van der Waals surface area (Å²) >= 11 is 7.61. The van der Waals surface area contributed by atoms with Gasteiger partial charge in [0, 0.05) is 48.1 Å². The molecule has 2 fully saturated rings. The molecular formula is C29H34ClN5O2S. The normalized spacial score (nSPS) is 19.8. The molecule has 7 nitrogen and oxygen atoms in total. The van der Waals surface area contributed by atoms with Gasteiger partial charge in [0.1, 0.15) is 5.69 Å². The lowest BCUT2D eigenvalue weighted by Gasteiger charge is -2.39. The lowest BCUT2D eigenvalue weighted by atomic mass is 9.79. The van der Waals surface area contributed by atoms with E-state index in [1.807, 2.05) is 35.7 Å². The van der Waals surface area contributed by atoms with E-state index in [9.17, 15) is 9.59 Å². The number of piperazine rings is 1. The third-order valence-electron chi connectivity index (χ3n) is 7.64. The predicted octanol–water partition coefficient (Wildman–Crippen LogP) is 6.37. The number of benzene rings is 1. The van der Waals surface area contributed by atoms with Crippen LogP contribution in [0.5, 0.6) is 0 Å². The smallest absolute Gasteiger partial charge is 0.276 e. The van der Waals surface area contributed by atoms with Gasteiger partial charge in [-0.3, -0.25) is 14.9 Å². The molecular weight excluding hydrogens is 518 g/mol. The first-order valence-corrected chi connectivity index (χ1v) is 14.8. The number of thiazole rings is 1. The lowest BCUT2D eigenvalue weighted by molar-refractivity contribution is -0.137. The van der Waals surface area contributed by atoms with Crippen molar-refractivity contribution in [3.8, 4) is 11.3 Å². The molecule has 2 amide bonds. The number of carbonyl (C=O) groups excluding carboxylic acids is 2. The summed E-state index contributed by atoms with van der Waals surface area (Å²) in [7, 11) is 0. The van der Waals surface area contributed by atoms with Crippen molar-refractivity contribution in [3.63, 3.8) is 0 Å². The molecule has 5 rings (SSSR count). The summed E-state index contributed by atoms with van der Waals surface area (Å²) in [6.45, 7) is 5.24. The fourth-order valence-corrected chi connectivity index (χ4v) is 6.56. The van der Waals surface area contributed by atoms with Crippen LogP contribution >= 0.6 is 22.9 Å². The molecule has 2 atom stereocenters. The second-order valence-electron chi connectivity index (χ2n) is 10.2. The van der Waals surface area contributed by atoms with Crippen LogP contribution in [0.4, 0.5) is 10.8 Å². The molecule has 1 saturated heterocycles. The SMILES string of the molecule is CCCC1CCC[C@@H](C(=O)N2CCN(c3ccc(C(=O)Nc4nc(-c5ccccc5Cl)cs4)nc3)CC2)C1. The second kappa shape index (κ2) is 12.3. The van der Waals surface area contributed by atoms with Crippen molar-refractivity contribution in [1.82, 2.24) is 14.9 Å². The number of halogens is 1. The summed E-state index contributed by atoms with van der Waals surface area (Å²) in [6.07, 6.45) is 8.73. The van der Waals surface area contributed by atoms with Crippen molar-refractivity contribution < 1.29 is 9.59 Å². The molecule has 2 aliphatic rings. The van der Waals surface area contributed by atoms with Crippen LogP contribution in [-0.2, 0) is 4.79 Å². The zero-order chi connectivity index (χ0) is 26.5. The summed E-state index contributed by atoms with van der Waals surface area (Å²) in [6, 6.07) is 11.2. The first-order valence-electron chi connectivity index (χ1n) is 13.5. The molecule has 0 spiro atoms. The molecule has 200 valence electrons. The van der Waals surface area contributed by atoms with Crippen LogP contribution in [0.25, 0.3) is 11.3 Å². The predicted molar refractivity (Wildman–Crippen MR) is 154 cm³/mol. The third-order valence-corrected chi connectivity index (χ3v) is 8.73. The number of carbonyl (C=O) groups is 2. The van der Waals surface area contributed by atoms with E-state index in [4.69, 9.17) is 11.6 Å². The standard InChI is InChI=1S/C29H34ClN5O2S/c1-2-6-20-7-5-8-21(17-20)28(37)35-15-13-34(14-16-35)22-11-12-25(31-18-22)27(36)33-29-32-26(19-38-29)23-9-3-4-10-24(23)30/h3-4,9-12,18-21H,2,5-8,13-17H2,1H3,(H,32,33,36)/t20?,21-/m1/s1. The van der Waals surface area contributed by atoms with Crippen molar-refractivity contribution in [2.45, 2.75) is 45.4 Å². The number of rotatable bonds is 7. The van der Waals surface area contributed by atoms with E-state index in [1.165, 1.54) is 37.0 Å². The quantitative estimate of drug-likeness (QED) is 0.369. The molecule has 1 aliphatic carbocycles. The number of pyridine rings is 1. The van der Waals surface area contributed by atoms with Crippen molar-refractivity contribution in [1.29, 1.82) is 0 Å². The average molecular weight is 552 g/mol. The maximum absolute atomic E-state index is 13.2. The number of aromatic nitrogens is 2. The Hall–Kier alpha value is -2.97. The van der Waals surface area contributed by atoms with E-state index in [2.05, 4.69) is 32.0 Å². The number of anilines is 2. The molecule has 2 aromatic heterocycles. The fourth-order valence-electron chi connectivity index (χ4n) is 5.62. The number of nitrogens with one attached hydrogen (secondary N) is 1. The molecule has 1 saturated carbocycles. The lowest BCUT2D eigenvalue weighted by Crippen LogP contribution is -2.51. The summed E-state index contributed by atoms with van der Waals surface area (Å²) in [5.41, 5.74) is 2.84. The zero-order valence-corrected chi connectivity index (χ0v) is 23.3. The minimum Gasteiger partial charge on any atom is -0.367 e. The van der Waals surface area contributed by atoms with Crippen LogP contribution in [0.1, 0.15) is 55.9 Å². The molecule has 3 aromatic rings. The highest BCUT2D eigenvalue weighted by Gasteiger charge is 2.31. The number of nitrogens with zero attached hydrogens (tertiary/aromatic N) is 4. The monoisotopic (exact) mass is 551 g/mol. The van der Waals surface area contributed by atoms with E-state index < -0.39 is 0 Å². The maximum atomic E-state index is 13.2. The van der Waals surface area contributed by atoms with Gasteiger partial charge >= 0.3 is 0 Å². The van der Waals surface area contributed by atoms with Crippen LogP contribution in [0.3, 0.4) is 0 Å². The Kier molecular flexibility index (Phi) is 8.59. The molecule has 1 aromatic carbocycles. The Labute approximate surface area is 233 Å². The Bertz CT molecular complexity index is 1250. The number of hydrogen-bond acceptors (Lipinski definition) is 6. The first kappa shape index (κ1) is 26.6. The minimum atomic E-state index is -0.305. The van der Waals surface area contributed by atoms with Gasteiger partial charge in [-0.2, -0.15) is 0 Å². The summed E-state index contributed by atoms with van der Waals surface area (Å²) in [5.74, 6) is 0.951. The van der Waals surface area contributed by atoms with Crippen LogP contribution in [-0.4, -0.2) is 52.9 Å². The molecule has 9 heteroatoms. The van der Waals surface area contributed by atoms with Gasteiger partial charge < -0.3 is 9.80 Å². The Morgan fingerprint density at radius 1 is 1.11 bits per heavy atom. The van der Waals surface area contributed by atoms with Crippen LogP contribution < -0.4 is 10.2 Å². The number of hydrogen-bond donors (Lipinski definition) is 1. The van der Waals surface area contributed by atoms with Gasteiger partial charge in [0.05, 0.1) is 17.6 Å². The highest BCUT2D eigenvalue weighted by atomic mass is 35.5. The largest absolute Gasteiger partial charge is 0.367 e. The molecule has 3 heterocycles. The molecule has 38 heavy (non-hydrogen) atoms. The van der Waals surface area contributed by atoms with Crippen molar-refractivity contribution in [3.05, 3.63) is 58.7 Å². The van der Waals surface area contributed by atoms with Crippen LogP contribution in [0.15, 0.2) is 48.0 Å². The Morgan fingerprint density at radius 2 is 1.92 bits per heavy atom. The Morgan fingerprint density at radius 3 is 2.66 bits per heavy atom. The topological polar surface area (TPSA) is 78.4 Å². The van der Waals surface area contributed by atoms with E-state index >= 15 is 0 Å². The maximum Gasteiger partial charge on any atom is 0.276 e. The summed E-state index contributed by atoms with van der Waals surface area (Å²) in [5, 5.41) is 5.82. The second-order valence-corrected chi connectivity index (χ2v) is 11.5. The van der Waals surface area contributed by atoms with E-state index in [1.54, 1.807) is 12.3 Å². The summed E-state index contributed by atoms with van der Waals surface area (Å²) < 4.78 is 0. The highest BCUT2D eigenvalue weighted by molar-refractivity contribution is 7.14. The van der Waals surface area contributed by atoms with Gasteiger partial charge in [-0.05, 0) is 37.0 Å². The molecule has 0 radical (unpaired) electrons. The third kappa shape index (κ3) is 6.18. The minimum absolute atomic E-state index is 0.199. The van der Waals surface area contributed by atoms with Gasteiger partial charge in [-0.25, -0.2) is 9.97 Å². The first-order chi connectivity index (χ1) is 18.5. The average Bonchev–Trinajstić information content (AvgIpc) is 3.41. The van der Waals surface area contributed by atoms with Gasteiger partial charge in [0.25, 0.3) is 5.91 Å². The van der Waals surface area contributed by atoms with Gasteiger partial charge in [0.2, 0.25) is 5.91 Å². The van der Waals surface area contributed by atoms with Gasteiger partial charge in [-0.1, -0.05) is 62.4 Å².